The molecule has 3 aliphatic carbocycles. The van der Waals surface area contributed by atoms with E-state index in [1.807, 2.05) is 0 Å². The highest BCUT2D eigenvalue weighted by Gasteiger charge is 2.67. The monoisotopic (exact) mass is 288 g/mol. The summed E-state index contributed by atoms with van der Waals surface area (Å²) in [5, 5.41) is 23.1. The number of rotatable bonds is 3. The molecule has 0 spiro atoms. The first-order chi connectivity index (χ1) is 10.1. The lowest BCUT2D eigenvalue weighted by Crippen LogP contribution is -2.18. The van der Waals surface area contributed by atoms with Crippen LogP contribution in [0.5, 0.6) is 5.75 Å². The van der Waals surface area contributed by atoms with Gasteiger partial charge in [-0.15, -0.1) is 0 Å². The summed E-state index contributed by atoms with van der Waals surface area (Å²) in [5.41, 5.74) is 0.0646. The number of nitro benzene ring substituents is 1. The molecular weight excluding hydrogens is 272 g/mol. The van der Waals surface area contributed by atoms with Crippen LogP contribution in [0.1, 0.15) is 19.3 Å². The van der Waals surface area contributed by atoms with Gasteiger partial charge in [0.05, 0.1) is 16.7 Å². The number of fused-ring (bicyclic) bond motifs is 5. The van der Waals surface area contributed by atoms with Gasteiger partial charge in [-0.05, 0) is 49.0 Å². The molecule has 0 saturated heterocycles. The van der Waals surface area contributed by atoms with Crippen molar-refractivity contribution in [3.05, 3.63) is 28.3 Å². The predicted octanol–water partition coefficient (Wildman–Crippen LogP) is 2.53. The van der Waals surface area contributed by atoms with E-state index in [0.717, 1.165) is 6.07 Å². The van der Waals surface area contributed by atoms with E-state index in [0.29, 0.717) is 23.7 Å². The number of amides is 1. The van der Waals surface area contributed by atoms with E-state index in [2.05, 4.69) is 5.32 Å². The maximum atomic E-state index is 12.3. The van der Waals surface area contributed by atoms with E-state index >= 15 is 0 Å². The lowest BCUT2D eigenvalue weighted by Gasteiger charge is -2.10. The molecule has 4 unspecified atom stereocenters. The molecule has 4 rings (SSSR count). The van der Waals surface area contributed by atoms with Gasteiger partial charge in [-0.1, -0.05) is 0 Å². The van der Waals surface area contributed by atoms with E-state index in [1.54, 1.807) is 0 Å². The van der Waals surface area contributed by atoms with Crippen molar-refractivity contribution in [3.63, 3.8) is 0 Å². The Kier molecular flexibility index (Phi) is 2.52. The van der Waals surface area contributed by atoms with Gasteiger partial charge in [0.15, 0.2) is 0 Å². The van der Waals surface area contributed by atoms with E-state index in [4.69, 9.17) is 0 Å². The molecule has 0 radical (unpaired) electrons. The Morgan fingerprint density at radius 1 is 1.29 bits per heavy atom. The summed E-state index contributed by atoms with van der Waals surface area (Å²) in [6, 6.07) is 3.73. The van der Waals surface area contributed by atoms with Gasteiger partial charge >= 0.3 is 0 Å². The van der Waals surface area contributed by atoms with E-state index in [1.165, 1.54) is 31.4 Å². The Bertz CT molecular complexity index is 629. The molecule has 1 aromatic carbocycles. The maximum Gasteiger partial charge on any atom is 0.273 e. The lowest BCUT2D eigenvalue weighted by molar-refractivity contribution is -0.384. The topological polar surface area (TPSA) is 92.5 Å². The number of non-ortho nitro benzene ring substituents is 1. The van der Waals surface area contributed by atoms with Crippen molar-refractivity contribution in [2.24, 2.45) is 29.6 Å². The van der Waals surface area contributed by atoms with Gasteiger partial charge in [0, 0.05) is 12.0 Å². The summed E-state index contributed by atoms with van der Waals surface area (Å²) in [7, 11) is 0. The minimum Gasteiger partial charge on any atom is -0.506 e. The molecule has 6 nitrogen and oxygen atoms in total. The largest absolute Gasteiger partial charge is 0.506 e. The SMILES string of the molecule is O=C(Nc1ccc([N+](=O)[O-])cc1O)C1C2C3CCC(C3)C12. The van der Waals surface area contributed by atoms with Gasteiger partial charge < -0.3 is 10.4 Å². The standard InChI is InChI=1S/C15H16N2O4/c18-11-6-9(17(20)21)3-4-10(11)16-15(19)14-12-7-1-2-8(5-7)13(12)14/h3-4,6-8,12-14,18H,1-2,5H2,(H,16,19). The van der Waals surface area contributed by atoms with Crippen LogP contribution in [-0.4, -0.2) is 15.9 Å². The average Bonchev–Trinajstić information content (AvgIpc) is 2.89. The summed E-state index contributed by atoms with van der Waals surface area (Å²) < 4.78 is 0. The number of phenolic OH excluding ortho intramolecular Hbond substituents is 1. The fraction of sp³-hybridized carbons (Fsp3) is 0.533. The van der Waals surface area contributed by atoms with Crippen LogP contribution in [-0.2, 0) is 4.79 Å². The molecule has 1 aromatic rings. The number of carbonyl (C=O) groups excluding carboxylic acids is 1. The Hall–Kier alpha value is -2.11. The molecular formula is C15H16N2O4. The summed E-state index contributed by atoms with van der Waals surface area (Å²) >= 11 is 0. The van der Waals surface area contributed by atoms with E-state index in [9.17, 15) is 20.0 Å². The van der Waals surface area contributed by atoms with Gasteiger partial charge in [-0.25, -0.2) is 0 Å². The Morgan fingerprint density at radius 3 is 2.52 bits per heavy atom. The van der Waals surface area contributed by atoms with Gasteiger partial charge in [0.25, 0.3) is 5.69 Å². The summed E-state index contributed by atoms with van der Waals surface area (Å²) in [6.45, 7) is 0. The van der Waals surface area contributed by atoms with Gasteiger partial charge in [0.1, 0.15) is 5.75 Å². The normalized spacial score (nSPS) is 35.3. The first kappa shape index (κ1) is 12.6. The maximum absolute atomic E-state index is 12.3. The second-order valence-electron chi connectivity index (χ2n) is 6.46. The summed E-state index contributed by atoms with van der Waals surface area (Å²) in [4.78, 5) is 22.4. The van der Waals surface area contributed by atoms with Crippen LogP contribution in [0.15, 0.2) is 18.2 Å². The number of nitrogens with one attached hydrogen (secondary N) is 1. The van der Waals surface area contributed by atoms with Crippen molar-refractivity contribution >= 4 is 17.3 Å². The fourth-order valence-corrected chi connectivity index (χ4v) is 4.63. The molecule has 3 saturated carbocycles. The average molecular weight is 288 g/mol. The third-order valence-corrected chi connectivity index (χ3v) is 5.49. The highest BCUT2D eigenvalue weighted by atomic mass is 16.6. The smallest absolute Gasteiger partial charge is 0.273 e. The number of carbonyl (C=O) groups is 1. The van der Waals surface area contributed by atoms with Crippen molar-refractivity contribution in [2.45, 2.75) is 19.3 Å². The van der Waals surface area contributed by atoms with Crippen molar-refractivity contribution in [1.82, 2.24) is 0 Å². The third-order valence-electron chi connectivity index (χ3n) is 5.49. The van der Waals surface area contributed by atoms with Crippen molar-refractivity contribution in [1.29, 1.82) is 0 Å². The van der Waals surface area contributed by atoms with Crippen LogP contribution in [0.4, 0.5) is 11.4 Å². The zero-order valence-corrected chi connectivity index (χ0v) is 11.4. The lowest BCUT2D eigenvalue weighted by atomic mass is 10.0. The van der Waals surface area contributed by atoms with Gasteiger partial charge in [0.2, 0.25) is 5.91 Å². The van der Waals surface area contributed by atoms with Crippen molar-refractivity contribution in [2.75, 3.05) is 5.32 Å². The Labute approximate surface area is 121 Å². The number of aromatic hydroxyl groups is 1. The van der Waals surface area contributed by atoms with Crippen LogP contribution in [0.2, 0.25) is 0 Å². The van der Waals surface area contributed by atoms with Crippen LogP contribution < -0.4 is 5.32 Å². The molecule has 110 valence electrons. The summed E-state index contributed by atoms with van der Waals surface area (Å²) in [5.74, 6) is 2.25. The number of hydrogen-bond donors (Lipinski definition) is 2. The Morgan fingerprint density at radius 2 is 1.95 bits per heavy atom. The molecule has 1 amide bonds. The number of benzene rings is 1. The third kappa shape index (κ3) is 1.81. The molecule has 0 aliphatic heterocycles. The zero-order chi connectivity index (χ0) is 14.7. The van der Waals surface area contributed by atoms with Crippen molar-refractivity contribution < 1.29 is 14.8 Å². The molecule has 2 N–H and O–H groups in total. The fourth-order valence-electron chi connectivity index (χ4n) is 4.63. The predicted molar refractivity (Wildman–Crippen MR) is 74.7 cm³/mol. The highest BCUT2D eigenvalue weighted by molar-refractivity contribution is 5.96. The minimum atomic E-state index is -0.575. The van der Waals surface area contributed by atoms with E-state index in [-0.39, 0.29) is 28.9 Å². The molecule has 0 heterocycles. The van der Waals surface area contributed by atoms with Crippen LogP contribution in [0.25, 0.3) is 0 Å². The highest BCUT2D eigenvalue weighted by Crippen LogP contribution is 2.69. The van der Waals surface area contributed by atoms with Gasteiger partial charge in [-0.3, -0.25) is 14.9 Å². The second-order valence-corrected chi connectivity index (χ2v) is 6.46. The summed E-state index contributed by atoms with van der Waals surface area (Å²) in [6.07, 6.45) is 3.78. The number of anilines is 1. The molecule has 0 aromatic heterocycles. The molecule has 4 atom stereocenters. The first-order valence-electron chi connectivity index (χ1n) is 7.34. The quantitative estimate of drug-likeness (QED) is 0.508. The van der Waals surface area contributed by atoms with Crippen LogP contribution in [0.3, 0.4) is 0 Å². The molecule has 21 heavy (non-hydrogen) atoms. The zero-order valence-electron chi connectivity index (χ0n) is 11.4. The Balaban J connectivity index is 1.47. The number of nitrogens with zero attached hydrogens (tertiary/aromatic N) is 1. The minimum absolute atomic E-state index is 0.0502. The molecule has 3 aliphatic rings. The second kappa shape index (κ2) is 4.19. The number of nitro groups is 1. The number of phenols is 1. The van der Waals surface area contributed by atoms with E-state index < -0.39 is 4.92 Å². The molecule has 6 heteroatoms. The van der Waals surface area contributed by atoms with Gasteiger partial charge in [-0.2, -0.15) is 0 Å². The van der Waals surface area contributed by atoms with Crippen molar-refractivity contribution in [3.8, 4) is 5.75 Å². The molecule has 2 bridgehead atoms. The number of hydrogen-bond acceptors (Lipinski definition) is 4. The van der Waals surface area contributed by atoms with Crippen LogP contribution >= 0.6 is 0 Å². The first-order valence-corrected chi connectivity index (χ1v) is 7.34. The molecule has 3 fully saturated rings. The van der Waals surface area contributed by atoms with Crippen LogP contribution in [0, 0.1) is 39.7 Å².